The number of hydrogen-bond donors (Lipinski definition) is 2. The average molecular weight is 206 g/mol. The van der Waals surface area contributed by atoms with Crippen LogP contribution in [-0.2, 0) is 0 Å². The largest absolute Gasteiger partial charge is 0.497 e. The van der Waals surface area contributed by atoms with Gasteiger partial charge in [-0.2, -0.15) is 0 Å². The lowest BCUT2D eigenvalue weighted by Gasteiger charge is -2.06. The van der Waals surface area contributed by atoms with E-state index >= 15 is 0 Å². The molecule has 3 nitrogen and oxygen atoms in total. The average Bonchev–Trinajstić information content (AvgIpc) is 3.06. The summed E-state index contributed by atoms with van der Waals surface area (Å²) in [5, 5.41) is 3.41. The van der Waals surface area contributed by atoms with E-state index in [4.69, 9.17) is 10.5 Å². The third-order valence-corrected chi connectivity index (χ3v) is 3.03. The van der Waals surface area contributed by atoms with Crippen LogP contribution in [0.3, 0.4) is 0 Å². The normalized spacial score (nSPS) is 23.6. The van der Waals surface area contributed by atoms with E-state index in [0.29, 0.717) is 0 Å². The Hall–Kier alpha value is -1.22. The zero-order valence-corrected chi connectivity index (χ0v) is 9.07. The fourth-order valence-corrected chi connectivity index (χ4v) is 1.81. The number of anilines is 1. The molecule has 2 atom stereocenters. The first kappa shape index (κ1) is 10.3. The van der Waals surface area contributed by atoms with Gasteiger partial charge >= 0.3 is 0 Å². The molecule has 1 saturated carbocycles. The second-order valence-electron chi connectivity index (χ2n) is 4.10. The van der Waals surface area contributed by atoms with Crippen LogP contribution in [0.15, 0.2) is 24.3 Å². The predicted octanol–water partition coefficient (Wildman–Crippen LogP) is 1.70. The Labute approximate surface area is 90.6 Å². The molecule has 1 aromatic rings. The molecule has 0 saturated heterocycles. The highest BCUT2D eigenvalue weighted by Gasteiger charge is 2.34. The van der Waals surface area contributed by atoms with Gasteiger partial charge in [-0.05, 0) is 49.1 Å². The standard InChI is InChI=1S/C12H18N2O/c1-15-12-4-2-11(3-5-12)14-8-10-6-9(10)7-13/h2-5,9-10,14H,6-8,13H2,1H3/t9-,10+/m1/s1. The van der Waals surface area contributed by atoms with Crippen molar-refractivity contribution in [1.82, 2.24) is 0 Å². The lowest BCUT2D eigenvalue weighted by Crippen LogP contribution is -2.09. The molecule has 0 aromatic heterocycles. The van der Waals surface area contributed by atoms with Crippen molar-refractivity contribution < 1.29 is 4.74 Å². The smallest absolute Gasteiger partial charge is 0.119 e. The highest BCUT2D eigenvalue weighted by molar-refractivity contribution is 5.46. The van der Waals surface area contributed by atoms with E-state index in [9.17, 15) is 0 Å². The van der Waals surface area contributed by atoms with Crippen molar-refractivity contribution in [2.75, 3.05) is 25.5 Å². The van der Waals surface area contributed by atoms with Crippen molar-refractivity contribution in [3.63, 3.8) is 0 Å². The lowest BCUT2D eigenvalue weighted by atomic mass is 10.2. The van der Waals surface area contributed by atoms with Gasteiger partial charge in [0, 0.05) is 12.2 Å². The SMILES string of the molecule is COc1ccc(NC[C@@H]2C[C@@H]2CN)cc1. The van der Waals surface area contributed by atoms with E-state index in [1.165, 1.54) is 6.42 Å². The van der Waals surface area contributed by atoms with Crippen LogP contribution in [0.1, 0.15) is 6.42 Å². The summed E-state index contributed by atoms with van der Waals surface area (Å²) >= 11 is 0. The second kappa shape index (κ2) is 4.53. The van der Waals surface area contributed by atoms with E-state index in [-0.39, 0.29) is 0 Å². The number of benzene rings is 1. The molecule has 0 amide bonds. The Balaban J connectivity index is 1.79. The summed E-state index contributed by atoms with van der Waals surface area (Å²) in [6.07, 6.45) is 1.28. The number of nitrogens with one attached hydrogen (secondary N) is 1. The van der Waals surface area contributed by atoms with Crippen LogP contribution in [0.5, 0.6) is 5.75 Å². The molecule has 15 heavy (non-hydrogen) atoms. The van der Waals surface area contributed by atoms with Crippen molar-refractivity contribution >= 4 is 5.69 Å². The lowest BCUT2D eigenvalue weighted by molar-refractivity contribution is 0.415. The van der Waals surface area contributed by atoms with Crippen LogP contribution in [0.4, 0.5) is 5.69 Å². The van der Waals surface area contributed by atoms with Crippen LogP contribution < -0.4 is 15.8 Å². The highest BCUT2D eigenvalue weighted by atomic mass is 16.5. The zero-order chi connectivity index (χ0) is 10.7. The predicted molar refractivity (Wildman–Crippen MR) is 62.1 cm³/mol. The Bertz CT molecular complexity index is 310. The minimum atomic E-state index is 0.746. The van der Waals surface area contributed by atoms with Gasteiger partial charge in [0.05, 0.1) is 7.11 Å². The Kier molecular flexibility index (Phi) is 3.11. The summed E-state index contributed by atoms with van der Waals surface area (Å²) in [6.45, 7) is 1.86. The number of nitrogens with two attached hydrogens (primary N) is 1. The van der Waals surface area contributed by atoms with Gasteiger partial charge in [0.25, 0.3) is 0 Å². The molecule has 2 rings (SSSR count). The van der Waals surface area contributed by atoms with Crippen molar-refractivity contribution in [2.24, 2.45) is 17.6 Å². The fraction of sp³-hybridized carbons (Fsp3) is 0.500. The molecule has 1 aromatic carbocycles. The van der Waals surface area contributed by atoms with Gasteiger partial charge in [0.2, 0.25) is 0 Å². The molecule has 1 aliphatic rings. The molecule has 0 spiro atoms. The zero-order valence-electron chi connectivity index (χ0n) is 9.07. The van der Waals surface area contributed by atoms with E-state index < -0.39 is 0 Å². The summed E-state index contributed by atoms with van der Waals surface area (Å²) in [7, 11) is 1.68. The van der Waals surface area contributed by atoms with Crippen molar-refractivity contribution in [3.8, 4) is 5.75 Å². The van der Waals surface area contributed by atoms with Gasteiger partial charge in [-0.25, -0.2) is 0 Å². The molecular weight excluding hydrogens is 188 g/mol. The molecule has 1 fully saturated rings. The first-order chi connectivity index (χ1) is 7.33. The van der Waals surface area contributed by atoms with Crippen LogP contribution in [0.25, 0.3) is 0 Å². The second-order valence-corrected chi connectivity index (χ2v) is 4.10. The van der Waals surface area contributed by atoms with E-state index in [1.807, 2.05) is 24.3 Å². The van der Waals surface area contributed by atoms with Crippen LogP contribution in [0, 0.1) is 11.8 Å². The van der Waals surface area contributed by atoms with Crippen LogP contribution in [0.2, 0.25) is 0 Å². The van der Waals surface area contributed by atoms with Gasteiger partial charge in [0.15, 0.2) is 0 Å². The van der Waals surface area contributed by atoms with Crippen LogP contribution >= 0.6 is 0 Å². The van der Waals surface area contributed by atoms with E-state index in [2.05, 4.69) is 5.32 Å². The number of ether oxygens (including phenoxy) is 1. The van der Waals surface area contributed by atoms with Crippen LogP contribution in [-0.4, -0.2) is 20.2 Å². The molecule has 1 aliphatic carbocycles. The minimum Gasteiger partial charge on any atom is -0.497 e. The molecule has 0 radical (unpaired) electrons. The van der Waals surface area contributed by atoms with Gasteiger partial charge in [0.1, 0.15) is 5.75 Å². The van der Waals surface area contributed by atoms with Gasteiger partial charge in [-0.1, -0.05) is 0 Å². The summed E-state index contributed by atoms with van der Waals surface area (Å²) in [6, 6.07) is 8.02. The first-order valence-corrected chi connectivity index (χ1v) is 5.41. The molecule has 82 valence electrons. The maximum Gasteiger partial charge on any atom is 0.119 e. The number of methoxy groups -OCH3 is 1. The molecule has 0 aliphatic heterocycles. The van der Waals surface area contributed by atoms with E-state index in [0.717, 1.165) is 36.4 Å². The van der Waals surface area contributed by atoms with Gasteiger partial charge in [-0.3, -0.25) is 0 Å². The highest BCUT2D eigenvalue weighted by Crippen LogP contribution is 2.37. The maximum atomic E-state index is 5.59. The summed E-state index contributed by atoms with van der Waals surface area (Å²) in [5.74, 6) is 2.42. The summed E-state index contributed by atoms with van der Waals surface area (Å²) in [5.41, 5.74) is 6.74. The third kappa shape index (κ3) is 2.63. The fourth-order valence-electron chi connectivity index (χ4n) is 1.81. The summed E-state index contributed by atoms with van der Waals surface area (Å²) in [4.78, 5) is 0. The Morgan fingerprint density at radius 2 is 2.07 bits per heavy atom. The molecule has 3 N–H and O–H groups in total. The van der Waals surface area contributed by atoms with Crippen molar-refractivity contribution in [2.45, 2.75) is 6.42 Å². The first-order valence-electron chi connectivity index (χ1n) is 5.41. The topological polar surface area (TPSA) is 47.3 Å². The Morgan fingerprint density at radius 1 is 1.33 bits per heavy atom. The van der Waals surface area contributed by atoms with Crippen molar-refractivity contribution in [1.29, 1.82) is 0 Å². The van der Waals surface area contributed by atoms with Gasteiger partial charge < -0.3 is 15.8 Å². The molecule has 0 bridgehead atoms. The van der Waals surface area contributed by atoms with Gasteiger partial charge in [-0.15, -0.1) is 0 Å². The quantitative estimate of drug-likeness (QED) is 0.771. The molecule has 0 unspecified atom stereocenters. The number of hydrogen-bond acceptors (Lipinski definition) is 3. The Morgan fingerprint density at radius 3 is 2.60 bits per heavy atom. The monoisotopic (exact) mass is 206 g/mol. The third-order valence-electron chi connectivity index (χ3n) is 3.03. The molecular formula is C12H18N2O. The molecule has 0 heterocycles. The number of rotatable bonds is 5. The van der Waals surface area contributed by atoms with E-state index in [1.54, 1.807) is 7.11 Å². The maximum absolute atomic E-state index is 5.59. The summed E-state index contributed by atoms with van der Waals surface area (Å²) < 4.78 is 5.10. The minimum absolute atomic E-state index is 0.746. The van der Waals surface area contributed by atoms with Crippen molar-refractivity contribution in [3.05, 3.63) is 24.3 Å². The molecule has 3 heteroatoms.